The molecule has 0 unspecified atom stereocenters. The van der Waals surface area contributed by atoms with Gasteiger partial charge in [0, 0.05) is 0 Å². The van der Waals surface area contributed by atoms with Crippen molar-refractivity contribution in [2.24, 2.45) is 0 Å². The van der Waals surface area contributed by atoms with E-state index in [9.17, 15) is 13.2 Å². The Morgan fingerprint density at radius 3 is 1.27 bits per heavy atom. The van der Waals surface area contributed by atoms with E-state index in [-0.39, 0.29) is 51.4 Å². The van der Waals surface area contributed by atoms with E-state index in [0.717, 1.165) is 0 Å². The minimum Gasteiger partial charge on any atom is -0.473 e. The molecular weight excluding hydrogens is 195 g/mol. The molecule has 4 nitrogen and oxygen atoms in total. The third-order valence-corrected chi connectivity index (χ3v) is 0.164. The zero-order chi connectivity index (χ0) is 8.78. The minimum atomic E-state index is -4.57. The maximum atomic E-state index is 10.5. The average Bonchev–Trinajstić information content (AvgIpc) is 1.63. The van der Waals surface area contributed by atoms with E-state index in [1.165, 1.54) is 0 Å². The summed E-state index contributed by atoms with van der Waals surface area (Å²) in [5, 5.41) is 21.5. The van der Waals surface area contributed by atoms with Gasteiger partial charge in [-0.1, -0.05) is 0 Å². The third-order valence-electron chi connectivity index (χ3n) is 0.164. The molecule has 0 amide bonds. The van der Waals surface area contributed by atoms with Crippen molar-refractivity contribution in [2.75, 3.05) is 0 Å². The van der Waals surface area contributed by atoms with E-state index in [4.69, 9.17) is 15.1 Å². The molecule has 0 atom stereocenters. The fraction of sp³-hybridized carbons (Fsp3) is 0.500. The summed E-state index contributed by atoms with van der Waals surface area (Å²) in [5.41, 5.74) is 0. The molecule has 0 aliphatic carbocycles. The Bertz CT molecular complexity index is 75.5. The predicted octanol–water partition coefficient (Wildman–Crippen LogP) is -3.73. The number of alkyl halides is 3. The zero-order valence-electron chi connectivity index (χ0n) is 5.67. The maximum absolute atomic E-state index is 10.5. The second-order valence-electron chi connectivity index (χ2n) is 0.936. The molecule has 11 heavy (non-hydrogen) atoms. The average molecular weight is 200 g/mol. The Labute approximate surface area is 104 Å². The van der Waals surface area contributed by atoms with Crippen LogP contribution in [0.1, 0.15) is 0 Å². The monoisotopic (exact) mass is 200 g/mol. The maximum Gasteiger partial charge on any atom is 1.00 e. The molecule has 0 bridgehead atoms. The van der Waals surface area contributed by atoms with Gasteiger partial charge in [-0.3, -0.25) is 0 Å². The smallest absolute Gasteiger partial charge is 0.473 e. The molecule has 9 heteroatoms. The summed E-state index contributed by atoms with van der Waals surface area (Å²) in [4.78, 5) is 0. The largest absolute Gasteiger partial charge is 1.00 e. The molecule has 0 aliphatic rings. The van der Waals surface area contributed by atoms with Crippen LogP contribution in [-0.2, 0) is 4.74 Å². The number of hydrogen-bond donors (Lipinski definition) is 3. The van der Waals surface area contributed by atoms with Gasteiger partial charge >= 0.3 is 65.1 Å². The van der Waals surface area contributed by atoms with E-state index in [1.54, 1.807) is 0 Å². The summed E-state index contributed by atoms with van der Waals surface area (Å²) in [6.07, 6.45) is -4.57. The van der Waals surface area contributed by atoms with Crippen molar-refractivity contribution >= 4 is 7.32 Å². The van der Waals surface area contributed by atoms with E-state index in [1.807, 2.05) is 0 Å². The van der Waals surface area contributed by atoms with Gasteiger partial charge in [-0.25, -0.2) is 7.11 Å². The van der Waals surface area contributed by atoms with Gasteiger partial charge in [-0.2, -0.15) is 0 Å². The molecule has 0 fully saturated rings. The summed E-state index contributed by atoms with van der Waals surface area (Å²) in [6.45, 7) is 0. The Morgan fingerprint density at radius 2 is 1.27 bits per heavy atom. The van der Waals surface area contributed by atoms with Crippen molar-refractivity contribution in [2.45, 2.75) is 6.36 Å². The normalized spacial score (nSPS) is 9.00. The number of hydrogen-bond acceptors (Lipinski definition) is 4. The van der Waals surface area contributed by atoms with Gasteiger partial charge in [0.15, 0.2) is 0 Å². The molecular formula is C2H5BF3KO4. The third kappa shape index (κ3) is 52.6. The quantitative estimate of drug-likeness (QED) is 0.277. The standard InChI is InChI=1S/C2H2F3O.BH3O3.K/c1-6-2(3,4)5;2-1(3)4;/h1H2;2-4H;/q-1;;+1. The number of ether oxygens (including phenoxy) is 1. The molecule has 62 valence electrons. The molecule has 0 aromatic rings. The Balaban J connectivity index is -0.000000114. The van der Waals surface area contributed by atoms with E-state index in [0.29, 0.717) is 0 Å². The van der Waals surface area contributed by atoms with Crippen molar-refractivity contribution in [3.05, 3.63) is 7.11 Å². The summed E-state index contributed by atoms with van der Waals surface area (Å²) in [7, 11) is -0.0347. The van der Waals surface area contributed by atoms with Gasteiger partial charge in [-0.05, 0) is 0 Å². The first-order chi connectivity index (χ1) is 4.29. The van der Waals surface area contributed by atoms with Gasteiger partial charge in [0.25, 0.3) is 0 Å². The molecule has 0 saturated heterocycles. The van der Waals surface area contributed by atoms with Gasteiger partial charge in [-0.15, -0.1) is 13.2 Å². The molecule has 0 saturated carbocycles. The Kier molecular flexibility index (Phi) is 15.6. The van der Waals surface area contributed by atoms with Gasteiger partial charge < -0.3 is 19.8 Å². The first-order valence-electron chi connectivity index (χ1n) is 1.83. The topological polar surface area (TPSA) is 69.9 Å². The molecule has 0 rings (SSSR count). The van der Waals surface area contributed by atoms with Gasteiger partial charge in [0.05, 0.1) is 0 Å². The van der Waals surface area contributed by atoms with Crippen LogP contribution < -0.4 is 51.4 Å². The van der Waals surface area contributed by atoms with Crippen LogP contribution >= 0.6 is 0 Å². The second kappa shape index (κ2) is 9.42. The van der Waals surface area contributed by atoms with Crippen molar-refractivity contribution in [3.63, 3.8) is 0 Å². The Morgan fingerprint density at radius 1 is 1.18 bits per heavy atom. The molecule has 0 aliphatic heterocycles. The molecule has 0 aromatic heterocycles. The minimum absolute atomic E-state index is 0. The summed E-state index contributed by atoms with van der Waals surface area (Å²) < 4.78 is 34.2. The van der Waals surface area contributed by atoms with Crippen molar-refractivity contribution in [1.29, 1.82) is 0 Å². The van der Waals surface area contributed by atoms with Crippen molar-refractivity contribution < 1.29 is 84.4 Å². The van der Waals surface area contributed by atoms with Crippen LogP contribution in [0.25, 0.3) is 0 Å². The van der Waals surface area contributed by atoms with Crippen LogP contribution in [0.4, 0.5) is 13.2 Å². The van der Waals surface area contributed by atoms with E-state index >= 15 is 0 Å². The first-order valence-corrected chi connectivity index (χ1v) is 1.83. The number of halogens is 3. The fourth-order valence-electron chi connectivity index (χ4n) is 0. The van der Waals surface area contributed by atoms with Crippen LogP contribution in [0.2, 0.25) is 0 Å². The van der Waals surface area contributed by atoms with Crippen molar-refractivity contribution in [3.8, 4) is 0 Å². The summed E-state index contributed by atoms with van der Waals surface area (Å²) >= 11 is 0. The summed E-state index contributed by atoms with van der Waals surface area (Å²) in [6, 6.07) is 0. The van der Waals surface area contributed by atoms with E-state index in [2.05, 4.69) is 11.8 Å². The SMILES string of the molecule is OB(O)O.[CH2-]OC(F)(F)F.[K+]. The van der Waals surface area contributed by atoms with Crippen LogP contribution in [-0.4, -0.2) is 28.8 Å². The zero-order valence-corrected chi connectivity index (χ0v) is 8.79. The first kappa shape index (κ1) is 18.2. The number of rotatable bonds is 0. The molecule has 3 N–H and O–H groups in total. The van der Waals surface area contributed by atoms with Crippen molar-refractivity contribution in [1.82, 2.24) is 0 Å². The molecule has 0 spiro atoms. The van der Waals surface area contributed by atoms with E-state index < -0.39 is 13.7 Å². The van der Waals surface area contributed by atoms with Crippen LogP contribution in [0.3, 0.4) is 0 Å². The second-order valence-corrected chi connectivity index (χ2v) is 0.936. The predicted molar refractivity (Wildman–Crippen MR) is 24.9 cm³/mol. The fourth-order valence-corrected chi connectivity index (χ4v) is 0. The van der Waals surface area contributed by atoms with Crippen LogP contribution in [0, 0.1) is 7.11 Å². The van der Waals surface area contributed by atoms with Crippen LogP contribution in [0.15, 0.2) is 0 Å². The molecule has 0 aromatic carbocycles. The molecule has 0 radical (unpaired) electrons. The summed E-state index contributed by atoms with van der Waals surface area (Å²) in [5.74, 6) is 0. The van der Waals surface area contributed by atoms with Crippen LogP contribution in [0.5, 0.6) is 0 Å². The van der Waals surface area contributed by atoms with Gasteiger partial charge in [0.2, 0.25) is 0 Å². The van der Waals surface area contributed by atoms with Gasteiger partial charge in [0.1, 0.15) is 0 Å². The molecule has 0 heterocycles. The Hall–Kier alpha value is 1.33.